The van der Waals surface area contributed by atoms with Crippen LogP contribution in [-0.4, -0.2) is 50.2 Å². The summed E-state index contributed by atoms with van der Waals surface area (Å²) in [5.41, 5.74) is 1.05. The molecule has 9 heteroatoms. The van der Waals surface area contributed by atoms with Crippen LogP contribution in [0.1, 0.15) is 49.2 Å². The van der Waals surface area contributed by atoms with E-state index in [-0.39, 0.29) is 24.6 Å². The molecule has 1 aromatic carbocycles. The van der Waals surface area contributed by atoms with Crippen molar-refractivity contribution in [3.63, 3.8) is 0 Å². The van der Waals surface area contributed by atoms with Gasteiger partial charge in [0.25, 0.3) is 11.8 Å². The van der Waals surface area contributed by atoms with Crippen LogP contribution in [0.2, 0.25) is 0 Å². The van der Waals surface area contributed by atoms with Gasteiger partial charge in [0, 0.05) is 19.4 Å². The summed E-state index contributed by atoms with van der Waals surface area (Å²) in [7, 11) is 0. The molecule has 0 unspecified atom stereocenters. The molecule has 7 nitrogen and oxygen atoms in total. The number of hydrogen-bond acceptors (Lipinski definition) is 4. The maximum atomic E-state index is 14.0. The van der Waals surface area contributed by atoms with Crippen molar-refractivity contribution in [2.75, 3.05) is 6.54 Å². The van der Waals surface area contributed by atoms with Gasteiger partial charge in [-0.15, -0.1) is 5.10 Å². The van der Waals surface area contributed by atoms with Crippen LogP contribution in [0, 0.1) is 5.92 Å². The molecule has 1 aliphatic heterocycles. The minimum atomic E-state index is -2.92. The van der Waals surface area contributed by atoms with Gasteiger partial charge < -0.3 is 10.2 Å². The van der Waals surface area contributed by atoms with Crippen LogP contribution in [0.5, 0.6) is 0 Å². The topological polar surface area (TPSA) is 80.1 Å². The number of halogens is 2. The van der Waals surface area contributed by atoms with Gasteiger partial charge in [0.05, 0.1) is 25.3 Å². The van der Waals surface area contributed by atoms with E-state index in [9.17, 15) is 18.4 Å². The number of carbonyl (C=O) groups excluding carboxylic acids is 2. The molecule has 2 heterocycles. The largest absolute Gasteiger partial charge is 0.347 e. The van der Waals surface area contributed by atoms with E-state index in [0.717, 1.165) is 5.56 Å². The van der Waals surface area contributed by atoms with Crippen molar-refractivity contribution in [1.82, 2.24) is 25.2 Å². The average molecular weight is 419 g/mol. The van der Waals surface area contributed by atoms with Gasteiger partial charge in [-0.1, -0.05) is 49.4 Å². The molecular formula is C21H27F2N5O2. The molecule has 1 N–H and O–H groups in total. The summed E-state index contributed by atoms with van der Waals surface area (Å²) >= 11 is 0. The quantitative estimate of drug-likeness (QED) is 0.714. The van der Waals surface area contributed by atoms with Crippen molar-refractivity contribution in [3.8, 4) is 0 Å². The molecule has 162 valence electrons. The summed E-state index contributed by atoms with van der Waals surface area (Å²) in [5, 5.41) is 10.5. The number of aromatic nitrogens is 3. The highest BCUT2D eigenvalue weighted by molar-refractivity contribution is 5.91. The van der Waals surface area contributed by atoms with E-state index in [1.54, 1.807) is 0 Å². The Labute approximate surface area is 174 Å². The Morgan fingerprint density at radius 3 is 2.70 bits per heavy atom. The summed E-state index contributed by atoms with van der Waals surface area (Å²) in [6, 6.07) is 8.75. The van der Waals surface area contributed by atoms with E-state index < -0.39 is 30.8 Å². The third kappa shape index (κ3) is 5.84. The van der Waals surface area contributed by atoms with Crippen LogP contribution in [0.4, 0.5) is 8.78 Å². The zero-order chi connectivity index (χ0) is 21.7. The number of nitrogens with one attached hydrogen (secondary N) is 1. The number of likely N-dealkylation sites (tertiary alicyclic amines) is 1. The molecule has 2 amide bonds. The third-order valence-electron chi connectivity index (χ3n) is 5.10. The van der Waals surface area contributed by atoms with Crippen LogP contribution in [-0.2, 0) is 17.9 Å². The Kier molecular flexibility index (Phi) is 6.79. The zero-order valence-corrected chi connectivity index (χ0v) is 17.2. The SMILES string of the molecule is CC(C)CCC(=O)N1CC(F)(F)C[C@H]1Cn1cc(C(=O)NCc2ccccc2)nn1. The summed E-state index contributed by atoms with van der Waals surface area (Å²) < 4.78 is 29.3. The molecule has 2 aromatic rings. The first-order chi connectivity index (χ1) is 14.2. The maximum Gasteiger partial charge on any atom is 0.273 e. The van der Waals surface area contributed by atoms with Crippen LogP contribution >= 0.6 is 0 Å². The summed E-state index contributed by atoms with van der Waals surface area (Å²) in [4.78, 5) is 26.0. The van der Waals surface area contributed by atoms with Crippen LogP contribution in [0.15, 0.2) is 36.5 Å². The highest BCUT2D eigenvalue weighted by Crippen LogP contribution is 2.33. The average Bonchev–Trinajstić information content (AvgIpc) is 3.29. The molecule has 3 rings (SSSR count). The number of alkyl halides is 2. The first-order valence-corrected chi connectivity index (χ1v) is 10.1. The number of carbonyl (C=O) groups is 2. The lowest BCUT2D eigenvalue weighted by molar-refractivity contribution is -0.133. The van der Waals surface area contributed by atoms with E-state index in [1.165, 1.54) is 15.8 Å². The second-order valence-electron chi connectivity index (χ2n) is 8.16. The van der Waals surface area contributed by atoms with Gasteiger partial charge in [0.1, 0.15) is 0 Å². The summed E-state index contributed by atoms with van der Waals surface area (Å²) in [6.45, 7) is 3.82. The molecule has 1 aliphatic rings. The van der Waals surface area contributed by atoms with Gasteiger partial charge in [-0.25, -0.2) is 13.5 Å². The Morgan fingerprint density at radius 2 is 2.00 bits per heavy atom. The Balaban J connectivity index is 1.60. The number of rotatable bonds is 8. The van der Waals surface area contributed by atoms with Crippen molar-refractivity contribution in [2.24, 2.45) is 5.92 Å². The molecule has 0 aliphatic carbocycles. The second kappa shape index (κ2) is 9.32. The van der Waals surface area contributed by atoms with E-state index in [2.05, 4.69) is 15.6 Å². The minimum Gasteiger partial charge on any atom is -0.347 e. The fourth-order valence-electron chi connectivity index (χ4n) is 3.48. The van der Waals surface area contributed by atoms with Crippen molar-refractivity contribution >= 4 is 11.8 Å². The Morgan fingerprint density at radius 1 is 1.27 bits per heavy atom. The molecule has 30 heavy (non-hydrogen) atoms. The highest BCUT2D eigenvalue weighted by atomic mass is 19.3. The van der Waals surface area contributed by atoms with E-state index in [1.807, 2.05) is 44.2 Å². The number of nitrogens with zero attached hydrogens (tertiary/aromatic N) is 4. The molecule has 0 saturated carbocycles. The smallest absolute Gasteiger partial charge is 0.273 e. The zero-order valence-electron chi connectivity index (χ0n) is 17.2. The molecule has 1 saturated heterocycles. The molecule has 1 fully saturated rings. The number of amides is 2. The van der Waals surface area contributed by atoms with Crippen molar-refractivity contribution in [1.29, 1.82) is 0 Å². The molecular weight excluding hydrogens is 392 g/mol. The predicted octanol–water partition coefficient (Wildman–Crippen LogP) is 2.88. The molecule has 1 aromatic heterocycles. The lowest BCUT2D eigenvalue weighted by Crippen LogP contribution is -2.38. The third-order valence-corrected chi connectivity index (χ3v) is 5.10. The monoisotopic (exact) mass is 419 g/mol. The van der Waals surface area contributed by atoms with Crippen LogP contribution in [0.3, 0.4) is 0 Å². The lowest BCUT2D eigenvalue weighted by Gasteiger charge is -2.24. The fraction of sp³-hybridized carbons (Fsp3) is 0.524. The second-order valence-corrected chi connectivity index (χ2v) is 8.16. The summed E-state index contributed by atoms with van der Waals surface area (Å²) in [6.07, 6.45) is 1.90. The Hall–Kier alpha value is -2.84. The van der Waals surface area contributed by atoms with Gasteiger partial charge in [0.15, 0.2) is 5.69 Å². The number of hydrogen-bond donors (Lipinski definition) is 1. The van der Waals surface area contributed by atoms with E-state index in [0.29, 0.717) is 18.9 Å². The summed E-state index contributed by atoms with van der Waals surface area (Å²) in [5.74, 6) is -3.27. The van der Waals surface area contributed by atoms with Crippen molar-refractivity contribution < 1.29 is 18.4 Å². The molecule has 0 radical (unpaired) electrons. The maximum absolute atomic E-state index is 14.0. The van der Waals surface area contributed by atoms with Gasteiger partial charge in [-0.3, -0.25) is 9.59 Å². The van der Waals surface area contributed by atoms with Crippen LogP contribution < -0.4 is 5.32 Å². The first kappa shape index (κ1) is 21.9. The van der Waals surface area contributed by atoms with Gasteiger partial charge in [-0.2, -0.15) is 0 Å². The van der Waals surface area contributed by atoms with Crippen LogP contribution in [0.25, 0.3) is 0 Å². The molecule has 1 atom stereocenters. The molecule has 0 spiro atoms. The molecule has 0 bridgehead atoms. The lowest BCUT2D eigenvalue weighted by atomic mass is 10.1. The predicted molar refractivity (Wildman–Crippen MR) is 107 cm³/mol. The Bertz CT molecular complexity index is 869. The highest BCUT2D eigenvalue weighted by Gasteiger charge is 2.46. The van der Waals surface area contributed by atoms with Gasteiger partial charge in [0.2, 0.25) is 5.91 Å². The number of benzene rings is 1. The van der Waals surface area contributed by atoms with E-state index in [4.69, 9.17) is 0 Å². The normalized spacial score (nSPS) is 18.0. The van der Waals surface area contributed by atoms with Gasteiger partial charge in [-0.05, 0) is 17.9 Å². The van der Waals surface area contributed by atoms with Crippen molar-refractivity contribution in [2.45, 2.75) is 58.2 Å². The standard InChI is InChI=1S/C21H27F2N5O2/c1-15(2)8-9-19(29)28-14-21(22,23)10-17(28)12-27-13-18(25-26-27)20(30)24-11-16-6-4-3-5-7-16/h3-7,13,15,17H,8-12,14H2,1-2H3,(H,24,30)/t17-/m0/s1. The first-order valence-electron chi connectivity index (χ1n) is 10.1. The van der Waals surface area contributed by atoms with E-state index >= 15 is 0 Å². The van der Waals surface area contributed by atoms with Gasteiger partial charge >= 0.3 is 0 Å². The van der Waals surface area contributed by atoms with Crippen molar-refractivity contribution in [3.05, 3.63) is 47.8 Å². The minimum absolute atomic E-state index is 0.0714. The fourth-order valence-corrected chi connectivity index (χ4v) is 3.48.